The number of hydrogen-bond acceptors (Lipinski definition) is 5. The molecule has 0 heterocycles. The molecule has 0 aliphatic rings. The van der Waals surface area contributed by atoms with Crippen molar-refractivity contribution in [2.24, 2.45) is 0 Å². The number of carbonyl (C=O) groups excluding carboxylic acids is 2. The zero-order valence-corrected chi connectivity index (χ0v) is 18.6. The lowest BCUT2D eigenvalue weighted by atomic mass is 10.1. The van der Waals surface area contributed by atoms with E-state index in [1.54, 1.807) is 11.8 Å². The molecule has 0 aromatic carbocycles. The lowest BCUT2D eigenvalue weighted by Gasteiger charge is -2.20. The van der Waals surface area contributed by atoms with Crippen LogP contribution in [0.4, 0.5) is 0 Å². The molecule has 0 saturated heterocycles. The summed E-state index contributed by atoms with van der Waals surface area (Å²) in [6, 6.07) is 0. The highest BCUT2D eigenvalue weighted by atomic mass is 17.2. The summed E-state index contributed by atoms with van der Waals surface area (Å²) in [5, 5.41) is 0. The zero-order chi connectivity index (χ0) is 21.2. The molecule has 0 unspecified atom stereocenters. The topological polar surface area (TPSA) is 55.8 Å². The van der Waals surface area contributed by atoms with Crippen LogP contribution >= 0.6 is 0 Å². The summed E-state index contributed by atoms with van der Waals surface area (Å²) in [5.41, 5.74) is 0.641. The Hall–Kier alpha value is -1.78. The second-order valence-corrected chi connectivity index (χ2v) is 7.22. The van der Waals surface area contributed by atoms with E-state index in [1.807, 2.05) is 19.9 Å². The summed E-state index contributed by atoms with van der Waals surface area (Å²) in [4.78, 5) is 34.7. The van der Waals surface area contributed by atoms with Crippen LogP contribution in [0.15, 0.2) is 23.9 Å². The lowest BCUT2D eigenvalue weighted by molar-refractivity contribution is -0.253. The van der Waals surface area contributed by atoms with Crippen molar-refractivity contribution < 1.29 is 19.4 Å². The molecule has 0 spiro atoms. The van der Waals surface area contributed by atoms with Gasteiger partial charge in [0, 0.05) is 18.7 Å². The van der Waals surface area contributed by atoms with Crippen LogP contribution in [0.3, 0.4) is 0 Å². The van der Waals surface area contributed by atoms with Crippen LogP contribution in [-0.4, -0.2) is 29.9 Å². The molecular formula is C23H41NO4. The van der Waals surface area contributed by atoms with Gasteiger partial charge in [-0.15, -0.1) is 0 Å². The molecule has 28 heavy (non-hydrogen) atoms. The molecule has 0 bridgehead atoms. The SMILES string of the molecule is C=C(C(=O)OOC(=O)/C(C)=C/CCCCCCCCCCCC)N(CC)CC. The maximum Gasteiger partial charge on any atom is 0.401 e. The van der Waals surface area contributed by atoms with Gasteiger partial charge < -0.3 is 4.90 Å². The van der Waals surface area contributed by atoms with Crippen molar-refractivity contribution in [1.82, 2.24) is 4.90 Å². The maximum atomic E-state index is 11.9. The second kappa shape index (κ2) is 17.3. The summed E-state index contributed by atoms with van der Waals surface area (Å²) >= 11 is 0. The molecular weight excluding hydrogens is 354 g/mol. The molecule has 0 radical (unpaired) electrons. The predicted octanol–water partition coefficient (Wildman–Crippen LogP) is 6.10. The molecule has 162 valence electrons. The molecule has 0 aliphatic heterocycles. The van der Waals surface area contributed by atoms with E-state index in [0.29, 0.717) is 18.7 Å². The van der Waals surface area contributed by atoms with Gasteiger partial charge in [-0.05, 0) is 33.6 Å². The normalized spacial score (nSPS) is 11.2. The first kappa shape index (κ1) is 26.2. The van der Waals surface area contributed by atoms with Crippen LogP contribution in [0, 0.1) is 0 Å². The molecule has 0 aliphatic carbocycles. The van der Waals surface area contributed by atoms with E-state index in [1.165, 1.54) is 57.8 Å². The standard InChI is InChI=1S/C23H41NO4/c1-6-9-10-11-12-13-14-15-16-17-18-19-20(4)22(25)27-28-23(26)21(5)24(7-2)8-3/h19H,5-18H2,1-4H3/b20-19+. The van der Waals surface area contributed by atoms with Crippen LogP contribution in [-0.2, 0) is 19.4 Å². The highest BCUT2D eigenvalue weighted by Gasteiger charge is 2.18. The molecule has 0 aromatic rings. The van der Waals surface area contributed by atoms with Crippen molar-refractivity contribution in [3.05, 3.63) is 23.9 Å². The fourth-order valence-electron chi connectivity index (χ4n) is 2.96. The Morgan fingerprint density at radius 3 is 1.75 bits per heavy atom. The third-order valence-electron chi connectivity index (χ3n) is 4.90. The smallest absolute Gasteiger partial charge is 0.367 e. The fraction of sp³-hybridized carbons (Fsp3) is 0.739. The van der Waals surface area contributed by atoms with Crippen LogP contribution < -0.4 is 0 Å². The van der Waals surface area contributed by atoms with E-state index in [-0.39, 0.29) is 5.70 Å². The van der Waals surface area contributed by atoms with Crippen molar-refractivity contribution in [1.29, 1.82) is 0 Å². The first-order chi connectivity index (χ1) is 13.5. The summed E-state index contributed by atoms with van der Waals surface area (Å²) in [6.45, 7) is 12.7. The van der Waals surface area contributed by atoms with E-state index in [2.05, 4.69) is 23.3 Å². The van der Waals surface area contributed by atoms with Crippen molar-refractivity contribution in [2.45, 2.75) is 98.3 Å². The minimum absolute atomic E-state index is 0.185. The van der Waals surface area contributed by atoms with Crippen molar-refractivity contribution in [2.75, 3.05) is 13.1 Å². The van der Waals surface area contributed by atoms with E-state index >= 15 is 0 Å². The number of unbranched alkanes of at least 4 members (excludes halogenated alkanes) is 10. The average molecular weight is 396 g/mol. The minimum Gasteiger partial charge on any atom is -0.367 e. The summed E-state index contributed by atoms with van der Waals surface area (Å²) < 4.78 is 0. The van der Waals surface area contributed by atoms with Gasteiger partial charge in [-0.2, -0.15) is 0 Å². The van der Waals surface area contributed by atoms with E-state index in [0.717, 1.165) is 12.8 Å². The second-order valence-electron chi connectivity index (χ2n) is 7.22. The van der Waals surface area contributed by atoms with Gasteiger partial charge in [0.25, 0.3) is 0 Å². The monoisotopic (exact) mass is 395 g/mol. The number of rotatable bonds is 16. The molecule has 0 amide bonds. The first-order valence-electron chi connectivity index (χ1n) is 11.0. The van der Waals surface area contributed by atoms with Crippen LogP contribution in [0.2, 0.25) is 0 Å². The Kier molecular flexibility index (Phi) is 16.2. The third-order valence-corrected chi connectivity index (χ3v) is 4.90. The number of nitrogens with zero attached hydrogens (tertiary/aromatic N) is 1. The zero-order valence-electron chi connectivity index (χ0n) is 18.6. The third kappa shape index (κ3) is 12.6. The number of allylic oxidation sites excluding steroid dienone is 1. The van der Waals surface area contributed by atoms with Crippen molar-refractivity contribution in [3.63, 3.8) is 0 Å². The van der Waals surface area contributed by atoms with E-state index in [9.17, 15) is 9.59 Å². The lowest BCUT2D eigenvalue weighted by Crippen LogP contribution is -2.28. The summed E-state index contributed by atoms with van der Waals surface area (Å²) in [5.74, 6) is -1.37. The Morgan fingerprint density at radius 2 is 1.25 bits per heavy atom. The Bertz CT molecular complexity index is 481. The number of likely N-dealkylation sites (N-methyl/N-ethyl adjacent to an activating group) is 1. The van der Waals surface area contributed by atoms with Gasteiger partial charge in [-0.3, -0.25) is 0 Å². The van der Waals surface area contributed by atoms with E-state index < -0.39 is 11.9 Å². The van der Waals surface area contributed by atoms with Crippen molar-refractivity contribution >= 4 is 11.9 Å². The molecule has 0 saturated carbocycles. The fourth-order valence-corrected chi connectivity index (χ4v) is 2.96. The predicted molar refractivity (Wildman–Crippen MR) is 114 cm³/mol. The van der Waals surface area contributed by atoms with Gasteiger partial charge in [-0.1, -0.05) is 77.4 Å². The quantitative estimate of drug-likeness (QED) is 0.137. The molecule has 0 rings (SSSR count). The van der Waals surface area contributed by atoms with Crippen LogP contribution in [0.25, 0.3) is 0 Å². The summed E-state index contributed by atoms with van der Waals surface area (Å²) in [7, 11) is 0. The Morgan fingerprint density at radius 1 is 0.786 bits per heavy atom. The highest BCUT2D eigenvalue weighted by molar-refractivity contribution is 5.90. The van der Waals surface area contributed by atoms with Gasteiger partial charge in [0.2, 0.25) is 0 Å². The highest BCUT2D eigenvalue weighted by Crippen LogP contribution is 2.12. The maximum absolute atomic E-state index is 11.9. The Labute approximate surface area is 172 Å². The molecule has 0 N–H and O–H groups in total. The van der Waals surface area contributed by atoms with Gasteiger partial charge in [0.15, 0.2) is 0 Å². The first-order valence-corrected chi connectivity index (χ1v) is 11.0. The van der Waals surface area contributed by atoms with Crippen LogP contribution in [0.1, 0.15) is 98.3 Å². The Balaban J connectivity index is 3.85. The van der Waals surface area contributed by atoms with E-state index in [4.69, 9.17) is 0 Å². The van der Waals surface area contributed by atoms with Gasteiger partial charge in [0.1, 0.15) is 5.70 Å². The molecule has 0 fully saturated rings. The van der Waals surface area contributed by atoms with Crippen molar-refractivity contribution in [3.8, 4) is 0 Å². The molecule has 0 atom stereocenters. The minimum atomic E-state index is -0.737. The van der Waals surface area contributed by atoms with Gasteiger partial charge in [0.05, 0.1) is 0 Å². The molecule has 5 nitrogen and oxygen atoms in total. The largest absolute Gasteiger partial charge is 0.401 e. The average Bonchev–Trinajstić information content (AvgIpc) is 2.70. The van der Waals surface area contributed by atoms with Gasteiger partial charge in [-0.25, -0.2) is 19.4 Å². The molecule has 5 heteroatoms. The number of hydrogen-bond donors (Lipinski definition) is 0. The summed E-state index contributed by atoms with van der Waals surface area (Å²) in [6.07, 6.45) is 15.5. The molecule has 0 aromatic heterocycles. The van der Waals surface area contributed by atoms with Crippen LogP contribution in [0.5, 0.6) is 0 Å². The van der Waals surface area contributed by atoms with Gasteiger partial charge >= 0.3 is 11.9 Å². The number of carbonyl (C=O) groups is 2.